The maximum Gasteiger partial charge on any atom is 0.252 e. The van der Waals surface area contributed by atoms with E-state index in [-0.39, 0.29) is 11.8 Å². The van der Waals surface area contributed by atoms with Gasteiger partial charge in [-0.2, -0.15) is 0 Å². The number of hydrogen-bond acceptors (Lipinski definition) is 2. The van der Waals surface area contributed by atoms with Gasteiger partial charge >= 0.3 is 0 Å². The third-order valence-electron chi connectivity index (χ3n) is 3.28. The average molecular weight is 281 g/mol. The highest BCUT2D eigenvalue weighted by Gasteiger charge is 2.45. The molecule has 1 aromatic rings. The first-order valence-electron chi connectivity index (χ1n) is 6.28. The number of hydrogen-bond donors (Lipinski definition) is 1. The molecule has 2 amide bonds. The summed E-state index contributed by atoms with van der Waals surface area (Å²) in [6, 6.07) is 6.53. The highest BCUT2D eigenvalue weighted by Crippen LogP contribution is 2.28. The number of carbonyl (C=O) groups is 2. The fraction of sp³-hybridized carbons (Fsp3) is 0.429. The van der Waals surface area contributed by atoms with Crippen LogP contribution in [0.25, 0.3) is 0 Å². The third-order valence-corrected chi connectivity index (χ3v) is 3.51. The second kappa shape index (κ2) is 4.85. The van der Waals surface area contributed by atoms with Crippen LogP contribution < -0.4 is 10.2 Å². The normalized spacial score (nSPS) is 22.3. The molecule has 0 aliphatic carbocycles. The lowest BCUT2D eigenvalue weighted by molar-refractivity contribution is -0.137. The number of amides is 2. The summed E-state index contributed by atoms with van der Waals surface area (Å²) < 4.78 is 0. The molecule has 4 nitrogen and oxygen atoms in total. The van der Waals surface area contributed by atoms with Crippen LogP contribution in [0.3, 0.4) is 0 Å². The monoisotopic (exact) mass is 280 g/mol. The van der Waals surface area contributed by atoms with Gasteiger partial charge in [-0.05, 0) is 38.5 Å². The quantitative estimate of drug-likeness (QED) is 0.904. The second-order valence-electron chi connectivity index (χ2n) is 5.19. The summed E-state index contributed by atoms with van der Waals surface area (Å²) in [5, 5.41) is 3.30. The Balaban J connectivity index is 2.49. The number of rotatable bonds is 2. The summed E-state index contributed by atoms with van der Waals surface area (Å²) in [4.78, 5) is 26.2. The summed E-state index contributed by atoms with van der Waals surface area (Å²) in [5.74, 6) is -0.256. The van der Waals surface area contributed by atoms with Crippen molar-refractivity contribution in [3.05, 3.63) is 29.3 Å². The number of halogens is 1. The highest BCUT2D eigenvalue weighted by atomic mass is 35.5. The summed E-state index contributed by atoms with van der Waals surface area (Å²) in [5.41, 5.74) is -0.238. The SMILES string of the molecule is CCC1C(=O)NC(C)(C)C(=O)N1c1cccc(Cl)c1. The zero-order chi connectivity index (χ0) is 14.2. The number of anilines is 1. The summed E-state index contributed by atoms with van der Waals surface area (Å²) in [6.07, 6.45) is 0.556. The van der Waals surface area contributed by atoms with E-state index in [1.165, 1.54) is 0 Å². The van der Waals surface area contributed by atoms with Crippen LogP contribution in [0, 0.1) is 0 Å². The van der Waals surface area contributed by atoms with E-state index >= 15 is 0 Å². The Hall–Kier alpha value is -1.55. The van der Waals surface area contributed by atoms with Crippen LogP contribution >= 0.6 is 11.6 Å². The second-order valence-corrected chi connectivity index (χ2v) is 5.63. The van der Waals surface area contributed by atoms with E-state index in [0.29, 0.717) is 17.1 Å². The van der Waals surface area contributed by atoms with E-state index in [1.54, 1.807) is 43.0 Å². The van der Waals surface area contributed by atoms with Gasteiger partial charge in [-0.15, -0.1) is 0 Å². The third kappa shape index (κ3) is 2.45. The van der Waals surface area contributed by atoms with Gasteiger partial charge in [0.05, 0.1) is 0 Å². The van der Waals surface area contributed by atoms with E-state index in [2.05, 4.69) is 5.32 Å². The van der Waals surface area contributed by atoms with Gasteiger partial charge in [0, 0.05) is 10.7 Å². The Morgan fingerprint density at radius 3 is 2.63 bits per heavy atom. The molecule has 1 aromatic carbocycles. The molecule has 1 aliphatic heterocycles. The Morgan fingerprint density at radius 2 is 2.05 bits per heavy atom. The predicted octanol–water partition coefficient (Wildman–Crippen LogP) is 2.36. The molecule has 1 N–H and O–H groups in total. The van der Waals surface area contributed by atoms with Crippen molar-refractivity contribution in [1.82, 2.24) is 5.32 Å². The number of piperazine rings is 1. The highest BCUT2D eigenvalue weighted by molar-refractivity contribution is 6.31. The van der Waals surface area contributed by atoms with Crippen molar-refractivity contribution >= 4 is 29.1 Å². The molecule has 0 saturated carbocycles. The van der Waals surface area contributed by atoms with Crippen LogP contribution in [0.5, 0.6) is 0 Å². The molecule has 1 unspecified atom stereocenters. The fourth-order valence-electron chi connectivity index (χ4n) is 2.30. The van der Waals surface area contributed by atoms with Gasteiger partial charge in [0.15, 0.2) is 0 Å². The van der Waals surface area contributed by atoms with E-state index in [1.807, 2.05) is 6.92 Å². The maximum atomic E-state index is 12.5. The minimum atomic E-state index is -0.898. The van der Waals surface area contributed by atoms with Gasteiger partial charge in [0.1, 0.15) is 11.6 Å². The van der Waals surface area contributed by atoms with Crippen molar-refractivity contribution in [2.45, 2.75) is 38.8 Å². The number of nitrogens with one attached hydrogen (secondary N) is 1. The van der Waals surface area contributed by atoms with Gasteiger partial charge in [0.25, 0.3) is 5.91 Å². The van der Waals surface area contributed by atoms with Crippen molar-refractivity contribution in [1.29, 1.82) is 0 Å². The Bertz CT molecular complexity index is 528. The van der Waals surface area contributed by atoms with Gasteiger partial charge in [-0.25, -0.2) is 0 Å². The molecule has 0 aromatic heterocycles. The van der Waals surface area contributed by atoms with Crippen molar-refractivity contribution in [3.63, 3.8) is 0 Å². The standard InChI is InChI=1S/C14H17ClN2O2/c1-4-11-12(18)16-14(2,3)13(19)17(11)10-7-5-6-9(15)8-10/h5-8,11H,4H2,1-3H3,(H,16,18). The smallest absolute Gasteiger partial charge is 0.252 e. The van der Waals surface area contributed by atoms with Crippen molar-refractivity contribution in [2.75, 3.05) is 4.90 Å². The van der Waals surface area contributed by atoms with Gasteiger partial charge in [-0.3, -0.25) is 14.5 Å². The van der Waals surface area contributed by atoms with Gasteiger partial charge < -0.3 is 5.32 Å². The average Bonchev–Trinajstić information content (AvgIpc) is 2.32. The van der Waals surface area contributed by atoms with Crippen LogP contribution in [-0.2, 0) is 9.59 Å². The molecule has 1 saturated heterocycles. The lowest BCUT2D eigenvalue weighted by Crippen LogP contribution is -2.68. The van der Waals surface area contributed by atoms with Gasteiger partial charge in [-0.1, -0.05) is 24.6 Å². The lowest BCUT2D eigenvalue weighted by Gasteiger charge is -2.42. The predicted molar refractivity (Wildman–Crippen MR) is 75.2 cm³/mol. The van der Waals surface area contributed by atoms with Crippen LogP contribution in [-0.4, -0.2) is 23.4 Å². The molecular weight excluding hydrogens is 264 g/mol. The molecule has 1 fully saturated rings. The van der Waals surface area contributed by atoms with E-state index < -0.39 is 11.6 Å². The van der Waals surface area contributed by atoms with Crippen molar-refractivity contribution in [3.8, 4) is 0 Å². The molecule has 0 radical (unpaired) electrons. The zero-order valence-electron chi connectivity index (χ0n) is 11.2. The number of nitrogens with zero attached hydrogens (tertiary/aromatic N) is 1. The van der Waals surface area contributed by atoms with Crippen LogP contribution in [0.4, 0.5) is 5.69 Å². The molecule has 2 rings (SSSR count). The molecule has 5 heteroatoms. The minimum absolute atomic E-state index is 0.124. The number of carbonyl (C=O) groups excluding carboxylic acids is 2. The van der Waals surface area contributed by atoms with E-state index in [0.717, 1.165) is 0 Å². The summed E-state index contributed by atoms with van der Waals surface area (Å²) in [6.45, 7) is 5.29. The molecule has 1 atom stereocenters. The fourth-order valence-corrected chi connectivity index (χ4v) is 2.48. The van der Waals surface area contributed by atoms with Crippen LogP contribution in [0.15, 0.2) is 24.3 Å². The minimum Gasteiger partial charge on any atom is -0.340 e. The Morgan fingerprint density at radius 1 is 1.37 bits per heavy atom. The Kier molecular flexibility index (Phi) is 3.54. The molecular formula is C14H17ClN2O2. The first-order chi connectivity index (χ1) is 8.86. The van der Waals surface area contributed by atoms with Crippen molar-refractivity contribution in [2.24, 2.45) is 0 Å². The van der Waals surface area contributed by atoms with Crippen LogP contribution in [0.2, 0.25) is 5.02 Å². The molecule has 19 heavy (non-hydrogen) atoms. The molecule has 0 bridgehead atoms. The van der Waals surface area contributed by atoms with Gasteiger partial charge in [0.2, 0.25) is 5.91 Å². The molecule has 1 aliphatic rings. The molecule has 1 heterocycles. The van der Waals surface area contributed by atoms with Crippen molar-refractivity contribution < 1.29 is 9.59 Å². The molecule has 0 spiro atoms. The topological polar surface area (TPSA) is 49.4 Å². The zero-order valence-corrected chi connectivity index (χ0v) is 12.0. The summed E-state index contributed by atoms with van der Waals surface area (Å²) >= 11 is 5.97. The first-order valence-corrected chi connectivity index (χ1v) is 6.66. The van der Waals surface area contributed by atoms with Crippen LogP contribution in [0.1, 0.15) is 27.2 Å². The molecule has 102 valence electrons. The van der Waals surface area contributed by atoms with E-state index in [9.17, 15) is 9.59 Å². The summed E-state index contributed by atoms with van der Waals surface area (Å²) in [7, 11) is 0. The first kappa shape index (κ1) is 13.9. The van der Waals surface area contributed by atoms with E-state index in [4.69, 9.17) is 11.6 Å². The lowest BCUT2D eigenvalue weighted by atomic mass is 9.95. The Labute approximate surface area is 117 Å². The maximum absolute atomic E-state index is 12.5. The number of benzene rings is 1. The largest absolute Gasteiger partial charge is 0.340 e.